The summed E-state index contributed by atoms with van der Waals surface area (Å²) in [6.07, 6.45) is 3.07. The van der Waals surface area contributed by atoms with Crippen LogP contribution in [0.25, 0.3) is 10.8 Å². The Morgan fingerprint density at radius 3 is 2.50 bits per heavy atom. The SMILES string of the molecule is CC(=O)N[C@@]1(Cc2ccc3ccccc3c2)CC[C@H]2CC[C@@H](C(=O)OC(C)(C)C)N2C1=O. The van der Waals surface area contributed by atoms with Crippen LogP contribution in [0.4, 0.5) is 0 Å². The van der Waals surface area contributed by atoms with Crippen molar-refractivity contribution in [2.45, 2.75) is 83.0 Å². The van der Waals surface area contributed by atoms with E-state index in [4.69, 9.17) is 4.74 Å². The van der Waals surface area contributed by atoms with Crippen molar-refractivity contribution in [2.75, 3.05) is 0 Å². The molecule has 6 heteroatoms. The fourth-order valence-electron chi connectivity index (χ4n) is 5.20. The number of nitrogens with zero attached hydrogens (tertiary/aromatic N) is 1. The Morgan fingerprint density at radius 1 is 1.09 bits per heavy atom. The molecular weight excluding hydrogens is 404 g/mol. The van der Waals surface area contributed by atoms with Gasteiger partial charge in [-0.15, -0.1) is 0 Å². The van der Waals surface area contributed by atoms with E-state index in [9.17, 15) is 14.4 Å². The zero-order valence-corrected chi connectivity index (χ0v) is 19.3. The van der Waals surface area contributed by atoms with Crippen LogP contribution in [0.3, 0.4) is 0 Å². The first kappa shape index (κ1) is 22.3. The minimum atomic E-state index is -1.06. The molecule has 6 nitrogen and oxygen atoms in total. The van der Waals surface area contributed by atoms with Gasteiger partial charge in [0.25, 0.3) is 0 Å². The molecule has 0 aromatic heterocycles. The monoisotopic (exact) mass is 436 g/mol. The third-order valence-corrected chi connectivity index (χ3v) is 6.46. The van der Waals surface area contributed by atoms with Crippen molar-refractivity contribution in [3.05, 3.63) is 48.0 Å². The van der Waals surface area contributed by atoms with Gasteiger partial charge in [0.15, 0.2) is 0 Å². The number of rotatable bonds is 4. The molecule has 0 unspecified atom stereocenters. The molecule has 2 aliphatic rings. The number of amides is 2. The fraction of sp³-hybridized carbons (Fsp3) is 0.500. The summed E-state index contributed by atoms with van der Waals surface area (Å²) in [5, 5.41) is 5.20. The predicted molar refractivity (Wildman–Crippen MR) is 123 cm³/mol. The van der Waals surface area contributed by atoms with Crippen molar-refractivity contribution in [3.63, 3.8) is 0 Å². The second kappa shape index (κ2) is 8.23. The quantitative estimate of drug-likeness (QED) is 0.741. The fourth-order valence-corrected chi connectivity index (χ4v) is 5.20. The first-order valence-corrected chi connectivity index (χ1v) is 11.4. The number of ether oxygens (including phenoxy) is 1. The highest BCUT2D eigenvalue weighted by molar-refractivity contribution is 5.95. The second-order valence-corrected chi connectivity index (χ2v) is 10.2. The van der Waals surface area contributed by atoms with Gasteiger partial charge in [0.2, 0.25) is 11.8 Å². The van der Waals surface area contributed by atoms with Gasteiger partial charge < -0.3 is 15.0 Å². The number of carbonyl (C=O) groups excluding carboxylic acids is 3. The van der Waals surface area contributed by atoms with E-state index in [1.807, 2.05) is 51.1 Å². The number of fused-ring (bicyclic) bond motifs is 2. The Labute approximate surface area is 189 Å². The van der Waals surface area contributed by atoms with Crippen LogP contribution in [0, 0.1) is 0 Å². The molecule has 4 rings (SSSR count). The molecule has 0 spiro atoms. The minimum Gasteiger partial charge on any atom is -0.458 e. The first-order valence-electron chi connectivity index (χ1n) is 11.4. The minimum absolute atomic E-state index is 0.0125. The standard InChI is InChI=1S/C26H32N2O4/c1-17(29)27-26(16-18-9-10-19-7-5-6-8-20(19)15-18)14-13-21-11-12-22(28(21)24(26)31)23(30)32-25(2,3)4/h5-10,15,21-22H,11-14,16H2,1-4H3,(H,27,29)/t21-,22+,26-/m1/s1. The van der Waals surface area contributed by atoms with E-state index in [0.717, 1.165) is 29.2 Å². The van der Waals surface area contributed by atoms with Gasteiger partial charge in [0, 0.05) is 19.4 Å². The van der Waals surface area contributed by atoms with Crippen molar-refractivity contribution >= 4 is 28.6 Å². The van der Waals surface area contributed by atoms with Crippen molar-refractivity contribution in [1.29, 1.82) is 0 Å². The van der Waals surface area contributed by atoms with Crippen LogP contribution in [-0.2, 0) is 25.5 Å². The first-order chi connectivity index (χ1) is 15.1. The number of carbonyl (C=O) groups is 3. The van der Waals surface area contributed by atoms with Crippen LogP contribution in [0.2, 0.25) is 0 Å². The van der Waals surface area contributed by atoms with Gasteiger partial charge in [0.05, 0.1) is 0 Å². The second-order valence-electron chi connectivity index (χ2n) is 10.2. The summed E-state index contributed by atoms with van der Waals surface area (Å²) in [5.41, 5.74) is -0.694. The highest BCUT2D eigenvalue weighted by atomic mass is 16.6. The predicted octanol–water partition coefficient (Wildman–Crippen LogP) is 3.75. The molecule has 0 radical (unpaired) electrons. The van der Waals surface area contributed by atoms with Gasteiger partial charge in [-0.3, -0.25) is 9.59 Å². The Morgan fingerprint density at radius 2 is 1.81 bits per heavy atom. The smallest absolute Gasteiger partial charge is 0.329 e. The highest BCUT2D eigenvalue weighted by Crippen LogP contribution is 2.39. The van der Waals surface area contributed by atoms with E-state index in [2.05, 4.69) is 17.4 Å². The Bertz CT molecular complexity index is 1060. The van der Waals surface area contributed by atoms with E-state index in [1.165, 1.54) is 6.92 Å². The molecule has 2 heterocycles. The van der Waals surface area contributed by atoms with Crippen LogP contribution in [0.1, 0.15) is 58.9 Å². The van der Waals surface area contributed by atoms with Gasteiger partial charge in [0.1, 0.15) is 17.2 Å². The molecule has 2 aromatic carbocycles. The van der Waals surface area contributed by atoms with E-state index in [1.54, 1.807) is 4.90 Å². The lowest BCUT2D eigenvalue weighted by molar-refractivity contribution is -0.167. The van der Waals surface area contributed by atoms with Gasteiger partial charge >= 0.3 is 5.97 Å². The molecule has 0 saturated carbocycles. The summed E-state index contributed by atoms with van der Waals surface area (Å²) in [7, 11) is 0. The molecule has 170 valence electrons. The molecule has 0 aliphatic carbocycles. The molecule has 2 aromatic rings. The number of benzene rings is 2. The summed E-state index contributed by atoms with van der Waals surface area (Å²) in [5.74, 6) is -0.784. The normalized spacial score (nSPS) is 25.5. The van der Waals surface area contributed by atoms with Crippen LogP contribution in [0.5, 0.6) is 0 Å². The lowest BCUT2D eigenvalue weighted by Crippen LogP contribution is -2.66. The maximum absolute atomic E-state index is 13.9. The van der Waals surface area contributed by atoms with Gasteiger partial charge in [-0.05, 0) is 62.8 Å². The maximum Gasteiger partial charge on any atom is 0.329 e. The molecule has 2 fully saturated rings. The largest absolute Gasteiger partial charge is 0.458 e. The van der Waals surface area contributed by atoms with Gasteiger partial charge in [-0.1, -0.05) is 42.5 Å². The van der Waals surface area contributed by atoms with Gasteiger partial charge in [-0.2, -0.15) is 0 Å². The van der Waals surface area contributed by atoms with Crippen LogP contribution >= 0.6 is 0 Å². The van der Waals surface area contributed by atoms with Gasteiger partial charge in [-0.25, -0.2) is 4.79 Å². The molecule has 0 bridgehead atoms. The molecular formula is C26H32N2O4. The zero-order chi connectivity index (χ0) is 23.1. The third kappa shape index (κ3) is 4.36. The van der Waals surface area contributed by atoms with Crippen molar-refractivity contribution in [1.82, 2.24) is 10.2 Å². The van der Waals surface area contributed by atoms with E-state index in [0.29, 0.717) is 19.3 Å². The van der Waals surface area contributed by atoms with E-state index >= 15 is 0 Å². The summed E-state index contributed by atoms with van der Waals surface area (Å²) < 4.78 is 5.61. The van der Waals surface area contributed by atoms with Crippen molar-refractivity contribution in [2.24, 2.45) is 0 Å². The highest BCUT2D eigenvalue weighted by Gasteiger charge is 2.54. The molecule has 2 amide bonds. The Hall–Kier alpha value is -2.89. The number of esters is 1. The number of hydrogen-bond donors (Lipinski definition) is 1. The molecule has 2 aliphatic heterocycles. The number of nitrogens with one attached hydrogen (secondary N) is 1. The molecule has 2 saturated heterocycles. The van der Waals surface area contributed by atoms with Crippen molar-refractivity contribution < 1.29 is 19.1 Å². The summed E-state index contributed by atoms with van der Waals surface area (Å²) in [6.45, 7) is 6.93. The summed E-state index contributed by atoms with van der Waals surface area (Å²) in [4.78, 5) is 40.7. The molecule has 1 N–H and O–H groups in total. The summed E-state index contributed by atoms with van der Waals surface area (Å²) in [6, 6.07) is 13.6. The van der Waals surface area contributed by atoms with Crippen LogP contribution in [-0.4, -0.2) is 45.9 Å². The van der Waals surface area contributed by atoms with Crippen LogP contribution < -0.4 is 5.32 Å². The number of piperidine rings is 1. The van der Waals surface area contributed by atoms with E-state index < -0.39 is 17.2 Å². The Balaban J connectivity index is 1.66. The van der Waals surface area contributed by atoms with Crippen molar-refractivity contribution in [3.8, 4) is 0 Å². The lowest BCUT2D eigenvalue weighted by atomic mass is 9.79. The van der Waals surface area contributed by atoms with Crippen LogP contribution in [0.15, 0.2) is 42.5 Å². The van der Waals surface area contributed by atoms with E-state index in [-0.39, 0.29) is 23.8 Å². The summed E-state index contributed by atoms with van der Waals surface area (Å²) >= 11 is 0. The number of hydrogen-bond acceptors (Lipinski definition) is 4. The average molecular weight is 437 g/mol. The average Bonchev–Trinajstić information content (AvgIpc) is 3.14. The zero-order valence-electron chi connectivity index (χ0n) is 19.3. The maximum atomic E-state index is 13.9. The lowest BCUT2D eigenvalue weighted by Gasteiger charge is -2.45. The third-order valence-electron chi connectivity index (χ3n) is 6.46. The Kier molecular flexibility index (Phi) is 5.74. The molecule has 3 atom stereocenters. The molecule has 32 heavy (non-hydrogen) atoms. The topological polar surface area (TPSA) is 75.7 Å².